The molecule has 0 saturated heterocycles. The smallest absolute Gasteiger partial charge is 0.239 e. The average Bonchev–Trinajstić information content (AvgIpc) is 2.17. The zero-order valence-corrected chi connectivity index (χ0v) is 9.24. The minimum Gasteiger partial charge on any atom is -0.492 e. The molecule has 0 atom stereocenters. The Labute approximate surface area is 92.8 Å². The highest BCUT2D eigenvalue weighted by Crippen LogP contribution is 2.15. The number of aromatic nitrogens is 2. The normalized spacial score (nSPS) is 11.3. The van der Waals surface area contributed by atoms with Gasteiger partial charge in [0.2, 0.25) is 21.9 Å². The Hall–Kier alpha value is -1.61. The van der Waals surface area contributed by atoms with E-state index in [4.69, 9.17) is 16.0 Å². The second kappa shape index (κ2) is 4.94. The minimum absolute atomic E-state index is 0.0788. The number of aromatic hydroxyl groups is 1. The quantitative estimate of drug-likeness (QED) is 0.481. The molecule has 90 valence electrons. The summed E-state index contributed by atoms with van der Waals surface area (Å²) in [5, 5.41) is 16.7. The van der Waals surface area contributed by atoms with Crippen molar-refractivity contribution in [3.05, 3.63) is 6.20 Å². The molecule has 6 N–H and O–H groups in total. The van der Waals surface area contributed by atoms with Gasteiger partial charge in [0.25, 0.3) is 0 Å². The molecule has 0 radical (unpaired) electrons. The first-order valence-electron chi connectivity index (χ1n) is 4.44. The molecule has 0 unspecified atom stereocenters. The number of sulfonamides is 1. The maximum atomic E-state index is 10.6. The number of nitrogen functional groups attached to an aromatic ring is 1. The van der Waals surface area contributed by atoms with Crippen LogP contribution in [-0.4, -0.2) is 35.8 Å². The van der Waals surface area contributed by atoms with Gasteiger partial charge in [0, 0.05) is 6.54 Å². The number of anilines is 2. The zero-order valence-electron chi connectivity index (χ0n) is 8.42. The van der Waals surface area contributed by atoms with E-state index >= 15 is 0 Å². The van der Waals surface area contributed by atoms with Gasteiger partial charge < -0.3 is 16.2 Å². The Balaban J connectivity index is 2.41. The highest BCUT2D eigenvalue weighted by atomic mass is 32.2. The molecule has 0 aliphatic carbocycles. The number of nitrogens with two attached hydrogens (primary N) is 2. The Bertz CT molecular complexity index is 461. The van der Waals surface area contributed by atoms with Gasteiger partial charge in [-0.25, -0.2) is 18.5 Å². The number of hydrogen-bond donors (Lipinski definition) is 4. The lowest BCUT2D eigenvalue weighted by molar-refractivity contribution is 0.456. The van der Waals surface area contributed by atoms with Gasteiger partial charge in [0.15, 0.2) is 0 Å². The summed E-state index contributed by atoms with van der Waals surface area (Å²) < 4.78 is 21.2. The van der Waals surface area contributed by atoms with E-state index in [0.717, 1.165) is 0 Å². The van der Waals surface area contributed by atoms with Crippen molar-refractivity contribution < 1.29 is 13.5 Å². The predicted octanol–water partition coefficient (Wildman–Crippen LogP) is -1.15. The van der Waals surface area contributed by atoms with Crippen LogP contribution in [-0.2, 0) is 10.0 Å². The minimum atomic E-state index is -3.44. The van der Waals surface area contributed by atoms with Gasteiger partial charge in [-0.2, -0.15) is 4.98 Å². The molecule has 0 spiro atoms. The fourth-order valence-corrected chi connectivity index (χ4v) is 1.49. The standard InChI is InChI=1S/C7H13N5O3S/c8-5-4-11-7(12-6(5)13)10-2-1-3-16(9,14)15/h4H,1-3,8H2,(H2,9,14,15)(H2,10,11,12,13). The third-order valence-corrected chi connectivity index (χ3v) is 2.54. The summed E-state index contributed by atoms with van der Waals surface area (Å²) in [4.78, 5) is 7.42. The summed E-state index contributed by atoms with van der Waals surface area (Å²) in [5.41, 5.74) is 5.38. The maximum Gasteiger partial charge on any atom is 0.239 e. The fraction of sp³-hybridized carbons (Fsp3) is 0.429. The van der Waals surface area contributed by atoms with E-state index in [0.29, 0.717) is 13.0 Å². The lowest BCUT2D eigenvalue weighted by atomic mass is 10.5. The van der Waals surface area contributed by atoms with Crippen molar-refractivity contribution in [3.63, 3.8) is 0 Å². The summed E-state index contributed by atoms with van der Waals surface area (Å²) >= 11 is 0. The second-order valence-electron chi connectivity index (χ2n) is 3.12. The Morgan fingerprint density at radius 1 is 1.50 bits per heavy atom. The van der Waals surface area contributed by atoms with E-state index in [9.17, 15) is 8.42 Å². The van der Waals surface area contributed by atoms with Crippen LogP contribution in [0.1, 0.15) is 6.42 Å². The van der Waals surface area contributed by atoms with Crippen LogP contribution in [0.15, 0.2) is 6.20 Å². The summed E-state index contributed by atoms with van der Waals surface area (Å²) in [6.45, 7) is 0.333. The van der Waals surface area contributed by atoms with Crippen molar-refractivity contribution in [2.75, 3.05) is 23.3 Å². The summed E-state index contributed by atoms with van der Waals surface area (Å²) in [5.74, 6) is -0.258. The van der Waals surface area contributed by atoms with Crippen molar-refractivity contribution >= 4 is 21.7 Å². The number of hydrogen-bond acceptors (Lipinski definition) is 7. The van der Waals surface area contributed by atoms with Gasteiger partial charge in [0.05, 0.1) is 11.9 Å². The van der Waals surface area contributed by atoms with Crippen molar-refractivity contribution in [3.8, 4) is 5.88 Å². The number of nitrogens with one attached hydrogen (secondary N) is 1. The molecule has 9 heteroatoms. The van der Waals surface area contributed by atoms with E-state index in [-0.39, 0.29) is 23.3 Å². The maximum absolute atomic E-state index is 10.6. The van der Waals surface area contributed by atoms with E-state index in [2.05, 4.69) is 15.3 Å². The highest BCUT2D eigenvalue weighted by molar-refractivity contribution is 7.89. The van der Waals surface area contributed by atoms with Crippen LogP contribution in [0.4, 0.5) is 11.6 Å². The van der Waals surface area contributed by atoms with Crippen molar-refractivity contribution in [2.24, 2.45) is 5.14 Å². The first-order valence-corrected chi connectivity index (χ1v) is 6.16. The molecule has 1 aromatic heterocycles. The van der Waals surface area contributed by atoms with Gasteiger partial charge in [-0.15, -0.1) is 0 Å². The number of nitrogens with zero attached hydrogens (tertiary/aromatic N) is 2. The number of primary sulfonamides is 1. The molecule has 16 heavy (non-hydrogen) atoms. The topological polar surface area (TPSA) is 144 Å². The second-order valence-corrected chi connectivity index (χ2v) is 4.85. The predicted molar refractivity (Wildman–Crippen MR) is 59.2 cm³/mol. The third kappa shape index (κ3) is 4.28. The van der Waals surface area contributed by atoms with Crippen molar-refractivity contribution in [1.82, 2.24) is 9.97 Å². The molecule has 0 saturated carbocycles. The SMILES string of the molecule is Nc1cnc(NCCCS(N)(=O)=O)nc1O. The van der Waals surface area contributed by atoms with Crippen molar-refractivity contribution in [1.29, 1.82) is 0 Å². The molecule has 0 amide bonds. The van der Waals surface area contributed by atoms with Gasteiger partial charge in [-0.1, -0.05) is 0 Å². The fourth-order valence-electron chi connectivity index (χ4n) is 0.941. The molecule has 1 heterocycles. The van der Waals surface area contributed by atoms with E-state index in [1.54, 1.807) is 0 Å². The van der Waals surface area contributed by atoms with Crippen LogP contribution in [0.25, 0.3) is 0 Å². The molecule has 1 rings (SSSR count). The molecular weight excluding hydrogens is 234 g/mol. The molecule has 0 fully saturated rings. The lowest BCUT2D eigenvalue weighted by Crippen LogP contribution is -2.19. The van der Waals surface area contributed by atoms with Crippen LogP contribution in [0.5, 0.6) is 5.88 Å². The number of rotatable bonds is 5. The van der Waals surface area contributed by atoms with E-state index < -0.39 is 10.0 Å². The largest absolute Gasteiger partial charge is 0.492 e. The van der Waals surface area contributed by atoms with Crippen LogP contribution in [0.3, 0.4) is 0 Å². The monoisotopic (exact) mass is 247 g/mol. The van der Waals surface area contributed by atoms with Crippen LogP contribution >= 0.6 is 0 Å². The first kappa shape index (κ1) is 12.5. The van der Waals surface area contributed by atoms with Crippen LogP contribution in [0, 0.1) is 0 Å². The molecule has 1 aromatic rings. The van der Waals surface area contributed by atoms with E-state index in [1.165, 1.54) is 6.20 Å². The zero-order chi connectivity index (χ0) is 12.2. The summed E-state index contributed by atoms with van der Waals surface area (Å²) in [7, 11) is -3.44. The van der Waals surface area contributed by atoms with Gasteiger partial charge in [-0.3, -0.25) is 0 Å². The van der Waals surface area contributed by atoms with Crippen molar-refractivity contribution in [2.45, 2.75) is 6.42 Å². The van der Waals surface area contributed by atoms with Gasteiger partial charge in [0.1, 0.15) is 5.69 Å². The first-order chi connectivity index (χ1) is 7.38. The third-order valence-electron chi connectivity index (χ3n) is 1.68. The lowest BCUT2D eigenvalue weighted by Gasteiger charge is -2.04. The van der Waals surface area contributed by atoms with Gasteiger partial charge in [-0.05, 0) is 6.42 Å². The van der Waals surface area contributed by atoms with Crippen LogP contribution < -0.4 is 16.2 Å². The molecule has 8 nitrogen and oxygen atoms in total. The molecular formula is C7H13N5O3S. The molecule has 0 bridgehead atoms. The Kier molecular flexibility index (Phi) is 3.85. The van der Waals surface area contributed by atoms with Crippen LogP contribution in [0.2, 0.25) is 0 Å². The average molecular weight is 247 g/mol. The Morgan fingerprint density at radius 2 is 2.19 bits per heavy atom. The molecule has 0 aliphatic heterocycles. The Morgan fingerprint density at radius 3 is 2.75 bits per heavy atom. The molecule has 0 aliphatic rings. The van der Waals surface area contributed by atoms with Gasteiger partial charge >= 0.3 is 0 Å². The molecule has 0 aromatic carbocycles. The van der Waals surface area contributed by atoms with E-state index in [1.807, 2.05) is 0 Å². The summed E-state index contributed by atoms with van der Waals surface area (Å²) in [6.07, 6.45) is 1.58. The highest BCUT2D eigenvalue weighted by Gasteiger charge is 2.04. The summed E-state index contributed by atoms with van der Waals surface area (Å²) in [6, 6.07) is 0.